The van der Waals surface area contributed by atoms with Gasteiger partial charge < -0.3 is 10.1 Å². The number of nitrogens with one attached hydrogen (secondary N) is 1. The molecule has 21 heavy (non-hydrogen) atoms. The average molecular weight is 308 g/mol. The van der Waals surface area contributed by atoms with E-state index in [2.05, 4.69) is 54.1 Å². The summed E-state index contributed by atoms with van der Waals surface area (Å²) in [7, 11) is 2.25. The molecule has 0 aliphatic carbocycles. The minimum Gasteiger partial charge on any atom is -0.494 e. The van der Waals surface area contributed by atoms with Crippen molar-refractivity contribution in [1.82, 2.24) is 10.2 Å². The Morgan fingerprint density at radius 2 is 2.29 bits per heavy atom. The van der Waals surface area contributed by atoms with Crippen molar-refractivity contribution >= 4 is 11.8 Å². The molecule has 0 aromatic heterocycles. The van der Waals surface area contributed by atoms with E-state index >= 15 is 0 Å². The normalized spacial score (nSPS) is 21.2. The molecule has 2 unspecified atom stereocenters. The maximum Gasteiger partial charge on any atom is 0.119 e. The fraction of sp³-hybridized carbons (Fsp3) is 0.647. The third kappa shape index (κ3) is 4.63. The summed E-state index contributed by atoms with van der Waals surface area (Å²) in [6, 6.07) is 9.50. The molecule has 3 nitrogen and oxygen atoms in total. The Morgan fingerprint density at radius 3 is 3.00 bits per heavy atom. The van der Waals surface area contributed by atoms with Crippen LogP contribution in [0.4, 0.5) is 0 Å². The highest BCUT2D eigenvalue weighted by molar-refractivity contribution is 7.99. The summed E-state index contributed by atoms with van der Waals surface area (Å²) in [6.07, 6.45) is 1.16. The lowest BCUT2D eigenvalue weighted by Gasteiger charge is -2.38. The standard InChI is InChI=1S/C17H28N2OS/c1-4-9-18-17(16-13-21-11-10-19(16)3)14-7-6-8-15(12-14)20-5-2/h6-8,12,16-18H,4-5,9-11,13H2,1-3H3. The first-order valence-corrected chi connectivity index (χ1v) is 9.15. The molecule has 1 heterocycles. The Hall–Kier alpha value is -0.710. The molecule has 2 atom stereocenters. The number of hydrogen-bond acceptors (Lipinski definition) is 4. The lowest BCUT2D eigenvalue weighted by Crippen LogP contribution is -2.48. The fourth-order valence-electron chi connectivity index (χ4n) is 2.80. The molecule has 1 aromatic carbocycles. The number of likely N-dealkylation sites (N-methyl/N-ethyl adjacent to an activating group) is 1. The van der Waals surface area contributed by atoms with Gasteiger partial charge in [0.1, 0.15) is 5.75 Å². The van der Waals surface area contributed by atoms with Crippen LogP contribution in [0.3, 0.4) is 0 Å². The van der Waals surface area contributed by atoms with E-state index in [1.165, 1.54) is 23.6 Å². The van der Waals surface area contributed by atoms with Gasteiger partial charge in [-0.25, -0.2) is 0 Å². The van der Waals surface area contributed by atoms with Crippen molar-refractivity contribution in [2.75, 3.05) is 38.2 Å². The lowest BCUT2D eigenvalue weighted by molar-refractivity contribution is 0.215. The molecule has 4 heteroatoms. The van der Waals surface area contributed by atoms with E-state index in [-0.39, 0.29) is 0 Å². The molecule has 1 aromatic rings. The van der Waals surface area contributed by atoms with E-state index < -0.39 is 0 Å². The van der Waals surface area contributed by atoms with Crippen LogP contribution in [0.25, 0.3) is 0 Å². The van der Waals surface area contributed by atoms with Gasteiger partial charge in [-0.1, -0.05) is 19.1 Å². The zero-order chi connectivity index (χ0) is 15.1. The van der Waals surface area contributed by atoms with E-state index in [0.29, 0.717) is 12.1 Å². The van der Waals surface area contributed by atoms with E-state index in [9.17, 15) is 0 Å². The number of hydrogen-bond donors (Lipinski definition) is 1. The maximum absolute atomic E-state index is 5.67. The van der Waals surface area contributed by atoms with E-state index in [1.807, 2.05) is 13.0 Å². The molecule has 0 bridgehead atoms. The van der Waals surface area contributed by atoms with Crippen molar-refractivity contribution in [1.29, 1.82) is 0 Å². The van der Waals surface area contributed by atoms with Gasteiger partial charge in [-0.3, -0.25) is 4.90 Å². The quantitative estimate of drug-likeness (QED) is 0.836. The van der Waals surface area contributed by atoms with E-state index in [1.54, 1.807) is 0 Å². The lowest BCUT2D eigenvalue weighted by atomic mass is 9.98. The Balaban J connectivity index is 2.19. The summed E-state index contributed by atoms with van der Waals surface area (Å²) in [6.45, 7) is 7.20. The molecular weight excluding hydrogens is 280 g/mol. The molecule has 1 aliphatic heterocycles. The van der Waals surface area contributed by atoms with E-state index in [0.717, 1.165) is 25.3 Å². The summed E-state index contributed by atoms with van der Waals surface area (Å²) < 4.78 is 5.67. The highest BCUT2D eigenvalue weighted by Crippen LogP contribution is 2.28. The molecule has 118 valence electrons. The largest absolute Gasteiger partial charge is 0.494 e. The monoisotopic (exact) mass is 308 g/mol. The van der Waals surface area contributed by atoms with Crippen LogP contribution in [-0.2, 0) is 0 Å². The van der Waals surface area contributed by atoms with Gasteiger partial charge in [-0.05, 0) is 44.6 Å². The molecule has 0 amide bonds. The van der Waals surface area contributed by atoms with Crippen LogP contribution in [-0.4, -0.2) is 49.2 Å². The van der Waals surface area contributed by atoms with Crippen LogP contribution in [0, 0.1) is 0 Å². The van der Waals surface area contributed by atoms with Crippen LogP contribution in [0.15, 0.2) is 24.3 Å². The molecular formula is C17H28N2OS. The van der Waals surface area contributed by atoms with Crippen LogP contribution in [0.5, 0.6) is 5.75 Å². The summed E-state index contributed by atoms with van der Waals surface area (Å²) in [5.41, 5.74) is 1.34. The second kappa shape index (κ2) is 8.66. The highest BCUT2D eigenvalue weighted by atomic mass is 32.2. The van der Waals surface area contributed by atoms with Crippen molar-refractivity contribution in [3.05, 3.63) is 29.8 Å². The van der Waals surface area contributed by atoms with Crippen LogP contribution >= 0.6 is 11.8 Å². The molecule has 0 spiro atoms. The Labute approximate surface area is 133 Å². The van der Waals surface area contributed by atoms with Crippen molar-refractivity contribution in [3.8, 4) is 5.75 Å². The first kappa shape index (κ1) is 16.7. The van der Waals surface area contributed by atoms with Gasteiger partial charge in [0.15, 0.2) is 0 Å². The van der Waals surface area contributed by atoms with Crippen LogP contribution in [0.2, 0.25) is 0 Å². The summed E-state index contributed by atoms with van der Waals surface area (Å²) in [5.74, 6) is 3.41. The predicted molar refractivity (Wildman–Crippen MR) is 92.4 cm³/mol. The van der Waals surface area contributed by atoms with Crippen molar-refractivity contribution in [2.45, 2.75) is 32.4 Å². The second-order valence-corrected chi connectivity index (χ2v) is 6.71. The van der Waals surface area contributed by atoms with Gasteiger partial charge in [0, 0.05) is 30.1 Å². The fourth-order valence-corrected chi connectivity index (χ4v) is 4.07. The molecule has 1 fully saturated rings. The van der Waals surface area contributed by atoms with Gasteiger partial charge in [0.05, 0.1) is 6.61 Å². The number of thioether (sulfide) groups is 1. The van der Waals surface area contributed by atoms with Crippen LogP contribution < -0.4 is 10.1 Å². The highest BCUT2D eigenvalue weighted by Gasteiger charge is 2.28. The van der Waals surface area contributed by atoms with Crippen molar-refractivity contribution in [3.63, 3.8) is 0 Å². The third-order valence-corrected chi connectivity index (χ3v) is 5.02. The maximum atomic E-state index is 5.67. The Kier molecular flexibility index (Phi) is 6.87. The predicted octanol–water partition coefficient (Wildman–Crippen LogP) is 3.17. The number of benzene rings is 1. The minimum absolute atomic E-state index is 0.378. The van der Waals surface area contributed by atoms with Gasteiger partial charge in [0.2, 0.25) is 0 Å². The second-order valence-electron chi connectivity index (χ2n) is 5.56. The molecule has 2 rings (SSSR count). The third-order valence-electron chi connectivity index (χ3n) is 3.97. The smallest absolute Gasteiger partial charge is 0.119 e. The van der Waals surface area contributed by atoms with Crippen LogP contribution in [0.1, 0.15) is 31.9 Å². The SMILES string of the molecule is CCCNC(c1cccc(OCC)c1)C1CSCCN1C. The van der Waals surface area contributed by atoms with Gasteiger partial charge in [-0.2, -0.15) is 11.8 Å². The molecule has 1 N–H and O–H groups in total. The first-order chi connectivity index (χ1) is 10.3. The van der Waals surface area contributed by atoms with Gasteiger partial charge >= 0.3 is 0 Å². The van der Waals surface area contributed by atoms with Crippen molar-refractivity contribution in [2.24, 2.45) is 0 Å². The van der Waals surface area contributed by atoms with E-state index in [4.69, 9.17) is 4.74 Å². The topological polar surface area (TPSA) is 24.5 Å². The zero-order valence-electron chi connectivity index (χ0n) is 13.5. The Morgan fingerprint density at radius 1 is 1.43 bits per heavy atom. The molecule has 0 saturated carbocycles. The molecule has 1 aliphatic rings. The molecule has 0 radical (unpaired) electrons. The Bertz CT molecular complexity index is 427. The van der Waals surface area contributed by atoms with Gasteiger partial charge in [0.25, 0.3) is 0 Å². The summed E-state index contributed by atoms with van der Waals surface area (Å²) >= 11 is 2.06. The van der Waals surface area contributed by atoms with Crippen molar-refractivity contribution < 1.29 is 4.74 Å². The summed E-state index contributed by atoms with van der Waals surface area (Å²) in [4.78, 5) is 2.50. The summed E-state index contributed by atoms with van der Waals surface area (Å²) in [5, 5.41) is 3.74. The number of nitrogens with zero attached hydrogens (tertiary/aromatic N) is 1. The minimum atomic E-state index is 0.378. The number of ether oxygens (including phenoxy) is 1. The molecule has 1 saturated heterocycles. The number of rotatable bonds is 7. The zero-order valence-corrected chi connectivity index (χ0v) is 14.3. The first-order valence-electron chi connectivity index (χ1n) is 8.00. The van der Waals surface area contributed by atoms with Gasteiger partial charge in [-0.15, -0.1) is 0 Å². The average Bonchev–Trinajstić information content (AvgIpc) is 2.50.